The Labute approximate surface area is 133 Å². The molecule has 0 atom stereocenters. The maximum absolute atomic E-state index is 12.2. The molecular weight excluding hydrogens is 272 g/mol. The molecule has 0 radical (unpaired) electrons. The molecule has 0 unspecified atom stereocenters. The normalized spacial score (nSPS) is 10.3. The smallest absolute Gasteiger partial charge is 0.255 e. The van der Waals surface area contributed by atoms with Gasteiger partial charge in [0.25, 0.3) is 5.91 Å². The number of benzene rings is 2. The number of carbonyl (C=O) groups is 1. The topological polar surface area (TPSA) is 32.3 Å². The molecule has 3 heteroatoms. The quantitative estimate of drug-likeness (QED) is 0.812. The molecule has 1 amide bonds. The van der Waals surface area contributed by atoms with Crippen molar-refractivity contribution in [3.63, 3.8) is 0 Å². The number of carbonyl (C=O) groups excluding carboxylic acids is 1. The molecule has 0 heterocycles. The van der Waals surface area contributed by atoms with Crippen molar-refractivity contribution >= 4 is 17.3 Å². The fraction of sp³-hybridized carbons (Fsp3) is 0.316. The first-order chi connectivity index (χ1) is 10.7. The zero-order valence-electron chi connectivity index (χ0n) is 13.4. The molecule has 0 aliphatic heterocycles. The average molecular weight is 296 g/mol. The second-order valence-corrected chi connectivity index (χ2v) is 5.36. The van der Waals surface area contributed by atoms with Crippen molar-refractivity contribution in [2.24, 2.45) is 0 Å². The molecule has 2 rings (SSSR count). The molecule has 3 nitrogen and oxygen atoms in total. The Kier molecular flexibility index (Phi) is 6.01. The second-order valence-electron chi connectivity index (χ2n) is 5.36. The third-order valence-electron chi connectivity index (χ3n) is 3.49. The van der Waals surface area contributed by atoms with Gasteiger partial charge in [0.1, 0.15) is 0 Å². The summed E-state index contributed by atoms with van der Waals surface area (Å²) < 4.78 is 0. The van der Waals surface area contributed by atoms with Gasteiger partial charge in [-0.15, -0.1) is 0 Å². The number of rotatable bonds is 7. The van der Waals surface area contributed by atoms with Crippen LogP contribution in [0.25, 0.3) is 0 Å². The summed E-state index contributed by atoms with van der Waals surface area (Å²) in [4.78, 5) is 14.6. The molecule has 0 aliphatic rings. The van der Waals surface area contributed by atoms with E-state index in [1.165, 1.54) is 0 Å². The van der Waals surface area contributed by atoms with E-state index in [4.69, 9.17) is 0 Å². The van der Waals surface area contributed by atoms with Gasteiger partial charge in [-0.25, -0.2) is 0 Å². The second kappa shape index (κ2) is 8.23. The summed E-state index contributed by atoms with van der Waals surface area (Å²) in [6.07, 6.45) is 2.22. The highest BCUT2D eigenvalue weighted by molar-refractivity contribution is 6.04. The standard InChI is InChI=1S/C19H24N2O/c1-3-13-21(14-4-2)18-12-8-11-17(15-18)20-19(22)16-9-6-5-7-10-16/h5-12,15H,3-4,13-14H2,1-2H3,(H,20,22). The van der Waals surface area contributed by atoms with Gasteiger partial charge in [-0.2, -0.15) is 0 Å². The minimum atomic E-state index is -0.0738. The van der Waals surface area contributed by atoms with Crippen molar-refractivity contribution < 1.29 is 4.79 Å². The zero-order valence-corrected chi connectivity index (χ0v) is 13.4. The van der Waals surface area contributed by atoms with Gasteiger partial charge in [0.2, 0.25) is 0 Å². The summed E-state index contributed by atoms with van der Waals surface area (Å²) in [5, 5.41) is 2.97. The molecule has 0 saturated heterocycles. The van der Waals surface area contributed by atoms with Gasteiger partial charge in [0, 0.05) is 30.0 Å². The van der Waals surface area contributed by atoms with Gasteiger partial charge in [-0.3, -0.25) is 4.79 Å². The van der Waals surface area contributed by atoms with E-state index in [2.05, 4.69) is 30.1 Å². The van der Waals surface area contributed by atoms with Crippen LogP contribution in [0.5, 0.6) is 0 Å². The molecule has 116 valence electrons. The van der Waals surface area contributed by atoms with Gasteiger partial charge in [0.05, 0.1) is 0 Å². The number of hydrogen-bond donors (Lipinski definition) is 1. The molecule has 0 aliphatic carbocycles. The number of amides is 1. The maximum atomic E-state index is 12.2. The Balaban J connectivity index is 2.12. The van der Waals surface area contributed by atoms with E-state index in [9.17, 15) is 4.79 Å². The first-order valence-electron chi connectivity index (χ1n) is 7.96. The van der Waals surface area contributed by atoms with Crippen molar-refractivity contribution in [2.75, 3.05) is 23.3 Å². The molecule has 0 spiro atoms. The predicted molar refractivity (Wildman–Crippen MR) is 93.6 cm³/mol. The third kappa shape index (κ3) is 4.35. The molecule has 0 aromatic heterocycles. The summed E-state index contributed by atoms with van der Waals surface area (Å²) in [5.41, 5.74) is 2.67. The molecule has 0 bridgehead atoms. The lowest BCUT2D eigenvalue weighted by Crippen LogP contribution is -2.25. The fourth-order valence-electron chi connectivity index (χ4n) is 2.48. The van der Waals surface area contributed by atoms with Crippen LogP contribution in [0.2, 0.25) is 0 Å². The Hall–Kier alpha value is -2.29. The zero-order chi connectivity index (χ0) is 15.8. The molecule has 0 saturated carbocycles. The minimum absolute atomic E-state index is 0.0738. The summed E-state index contributed by atoms with van der Waals surface area (Å²) in [5.74, 6) is -0.0738. The first kappa shape index (κ1) is 16.1. The average Bonchev–Trinajstić information content (AvgIpc) is 2.56. The van der Waals surface area contributed by atoms with Crippen LogP contribution in [0.1, 0.15) is 37.0 Å². The molecule has 0 fully saturated rings. The first-order valence-corrected chi connectivity index (χ1v) is 7.96. The number of nitrogens with zero attached hydrogens (tertiary/aromatic N) is 1. The Morgan fingerprint density at radius 2 is 1.64 bits per heavy atom. The van der Waals surface area contributed by atoms with Crippen LogP contribution in [0.15, 0.2) is 54.6 Å². The van der Waals surface area contributed by atoms with Crippen molar-refractivity contribution in [3.05, 3.63) is 60.2 Å². The van der Waals surface area contributed by atoms with Gasteiger partial charge in [-0.1, -0.05) is 38.1 Å². The molecule has 1 N–H and O–H groups in total. The SMILES string of the molecule is CCCN(CCC)c1cccc(NC(=O)c2ccccc2)c1. The van der Waals surface area contributed by atoms with Crippen LogP contribution < -0.4 is 10.2 Å². The monoisotopic (exact) mass is 296 g/mol. The van der Waals surface area contributed by atoms with Crippen LogP contribution in [-0.4, -0.2) is 19.0 Å². The van der Waals surface area contributed by atoms with E-state index in [1.807, 2.05) is 48.5 Å². The van der Waals surface area contributed by atoms with E-state index in [0.717, 1.165) is 37.3 Å². The minimum Gasteiger partial charge on any atom is -0.371 e. The van der Waals surface area contributed by atoms with Crippen molar-refractivity contribution in [2.45, 2.75) is 26.7 Å². The highest BCUT2D eigenvalue weighted by Crippen LogP contribution is 2.20. The lowest BCUT2D eigenvalue weighted by Gasteiger charge is -2.24. The van der Waals surface area contributed by atoms with Crippen LogP contribution in [0, 0.1) is 0 Å². The fourth-order valence-corrected chi connectivity index (χ4v) is 2.48. The van der Waals surface area contributed by atoms with Crippen LogP contribution in [0.4, 0.5) is 11.4 Å². The number of nitrogens with one attached hydrogen (secondary N) is 1. The molecule has 2 aromatic carbocycles. The Morgan fingerprint density at radius 3 is 2.27 bits per heavy atom. The third-order valence-corrected chi connectivity index (χ3v) is 3.49. The van der Waals surface area contributed by atoms with Gasteiger partial charge < -0.3 is 10.2 Å². The number of anilines is 2. The molecular formula is C19H24N2O. The Bertz CT molecular complexity index is 589. The van der Waals surface area contributed by atoms with Crippen molar-refractivity contribution in [3.8, 4) is 0 Å². The highest BCUT2D eigenvalue weighted by atomic mass is 16.1. The van der Waals surface area contributed by atoms with Crippen LogP contribution >= 0.6 is 0 Å². The number of hydrogen-bond acceptors (Lipinski definition) is 2. The van der Waals surface area contributed by atoms with E-state index in [1.54, 1.807) is 0 Å². The summed E-state index contributed by atoms with van der Waals surface area (Å²) >= 11 is 0. The van der Waals surface area contributed by atoms with E-state index < -0.39 is 0 Å². The van der Waals surface area contributed by atoms with Crippen LogP contribution in [0.3, 0.4) is 0 Å². The summed E-state index contributed by atoms with van der Waals surface area (Å²) in [6.45, 7) is 6.43. The lowest BCUT2D eigenvalue weighted by atomic mass is 10.2. The van der Waals surface area contributed by atoms with Crippen molar-refractivity contribution in [1.29, 1.82) is 0 Å². The maximum Gasteiger partial charge on any atom is 0.255 e. The molecule has 22 heavy (non-hydrogen) atoms. The van der Waals surface area contributed by atoms with Gasteiger partial charge >= 0.3 is 0 Å². The highest BCUT2D eigenvalue weighted by Gasteiger charge is 2.08. The Morgan fingerprint density at radius 1 is 0.955 bits per heavy atom. The van der Waals surface area contributed by atoms with E-state index >= 15 is 0 Å². The van der Waals surface area contributed by atoms with E-state index in [0.29, 0.717) is 5.56 Å². The molecule has 2 aromatic rings. The largest absolute Gasteiger partial charge is 0.371 e. The predicted octanol–water partition coefficient (Wildman–Crippen LogP) is 4.57. The van der Waals surface area contributed by atoms with Crippen molar-refractivity contribution in [1.82, 2.24) is 0 Å². The van der Waals surface area contributed by atoms with E-state index in [-0.39, 0.29) is 5.91 Å². The van der Waals surface area contributed by atoms with Gasteiger partial charge in [0.15, 0.2) is 0 Å². The summed E-state index contributed by atoms with van der Waals surface area (Å²) in [6, 6.07) is 17.4. The van der Waals surface area contributed by atoms with Crippen LogP contribution in [-0.2, 0) is 0 Å². The summed E-state index contributed by atoms with van der Waals surface area (Å²) in [7, 11) is 0. The van der Waals surface area contributed by atoms with Gasteiger partial charge in [-0.05, 0) is 43.2 Å². The lowest BCUT2D eigenvalue weighted by molar-refractivity contribution is 0.102.